The number of hydrogen-bond acceptors (Lipinski definition) is 9. The second kappa shape index (κ2) is 11.1. The molecule has 1 atom stereocenters. The van der Waals surface area contributed by atoms with Gasteiger partial charge in [0.1, 0.15) is 9.96 Å². The van der Waals surface area contributed by atoms with Gasteiger partial charge in [-0.1, -0.05) is 28.9 Å². The van der Waals surface area contributed by atoms with E-state index < -0.39 is 22.0 Å². The molecule has 1 amide bonds. The van der Waals surface area contributed by atoms with Gasteiger partial charge < -0.3 is 5.11 Å². The molecule has 4 aromatic rings. The van der Waals surface area contributed by atoms with Crippen molar-refractivity contribution in [3.8, 4) is 16.3 Å². The second-order valence-electron chi connectivity index (χ2n) is 7.73. The lowest BCUT2D eigenvalue weighted by molar-refractivity contribution is -0.130. The summed E-state index contributed by atoms with van der Waals surface area (Å²) in [6.45, 7) is -0.122. The number of hydrogen-bond donors (Lipinski definition) is 4. The Kier molecular flexibility index (Phi) is 7.96. The number of carbonyl (C=O) groups excluding carboxylic acids is 1. The lowest BCUT2D eigenvalue weighted by Crippen LogP contribution is -2.25. The normalized spacial score (nSPS) is 12.4. The topological polar surface area (TPSA) is 159 Å². The molecule has 0 aliphatic carbocycles. The number of pyridine rings is 1. The van der Waals surface area contributed by atoms with Crippen molar-refractivity contribution in [2.45, 2.75) is 29.6 Å². The van der Waals surface area contributed by atoms with Crippen molar-refractivity contribution in [3.05, 3.63) is 77.2 Å². The molecule has 36 heavy (non-hydrogen) atoms. The SMILES string of the molecule is O=C(C[C@H](Cc1ccc(O)c(Cl)c1)n1cc(CNS(=O)(=O)c2ccc(-c3ccccn3)s2)nn1)NO. The van der Waals surface area contributed by atoms with Crippen LogP contribution in [0.3, 0.4) is 0 Å². The second-order valence-corrected chi connectivity index (χ2v) is 11.2. The van der Waals surface area contributed by atoms with Crippen molar-refractivity contribution >= 4 is 38.9 Å². The Bertz CT molecular complexity index is 1460. The van der Waals surface area contributed by atoms with Crippen LogP contribution in [0.15, 0.2) is 65.1 Å². The number of benzene rings is 1. The number of aromatic nitrogens is 4. The first kappa shape index (κ1) is 25.7. The maximum absolute atomic E-state index is 12.8. The monoisotopic (exact) mass is 548 g/mol. The molecule has 0 aliphatic rings. The summed E-state index contributed by atoms with van der Waals surface area (Å²) in [5.41, 5.74) is 3.32. The van der Waals surface area contributed by atoms with Gasteiger partial charge in [-0.3, -0.25) is 15.0 Å². The largest absolute Gasteiger partial charge is 0.506 e. The van der Waals surface area contributed by atoms with Crippen molar-refractivity contribution in [3.63, 3.8) is 0 Å². The van der Waals surface area contributed by atoms with Crippen molar-refractivity contribution < 1.29 is 23.5 Å². The molecule has 0 fully saturated rings. The summed E-state index contributed by atoms with van der Waals surface area (Å²) in [4.78, 5) is 16.8. The number of halogens is 1. The summed E-state index contributed by atoms with van der Waals surface area (Å²) in [6.07, 6.45) is 3.31. The highest BCUT2D eigenvalue weighted by Crippen LogP contribution is 2.29. The summed E-state index contributed by atoms with van der Waals surface area (Å²) >= 11 is 7.08. The first-order valence-electron chi connectivity index (χ1n) is 10.6. The fourth-order valence-electron chi connectivity index (χ4n) is 3.39. The molecule has 0 spiro atoms. The number of phenols is 1. The van der Waals surface area contributed by atoms with Crippen LogP contribution in [0.4, 0.5) is 0 Å². The van der Waals surface area contributed by atoms with Crippen LogP contribution in [0, 0.1) is 0 Å². The van der Waals surface area contributed by atoms with E-state index in [4.69, 9.17) is 16.8 Å². The zero-order valence-electron chi connectivity index (χ0n) is 18.6. The maximum atomic E-state index is 12.8. The van der Waals surface area contributed by atoms with E-state index in [-0.39, 0.29) is 34.4 Å². The predicted molar refractivity (Wildman–Crippen MR) is 132 cm³/mol. The number of sulfonamides is 1. The van der Waals surface area contributed by atoms with Crippen molar-refractivity contribution in [1.82, 2.24) is 30.2 Å². The van der Waals surface area contributed by atoms with Crippen LogP contribution in [0.1, 0.15) is 23.7 Å². The molecule has 11 nitrogen and oxygen atoms in total. The Balaban J connectivity index is 1.46. The van der Waals surface area contributed by atoms with Crippen molar-refractivity contribution in [1.29, 1.82) is 0 Å². The smallest absolute Gasteiger partial charge is 0.250 e. The Morgan fingerprint density at radius 1 is 1.19 bits per heavy atom. The molecular formula is C22H21ClN6O5S2. The molecule has 0 radical (unpaired) electrons. The van der Waals surface area contributed by atoms with E-state index in [0.717, 1.165) is 16.2 Å². The number of thiophene rings is 1. The Labute approximate surface area is 215 Å². The summed E-state index contributed by atoms with van der Waals surface area (Å²) < 4.78 is 29.6. The Morgan fingerprint density at radius 3 is 2.75 bits per heavy atom. The average Bonchev–Trinajstić information content (AvgIpc) is 3.56. The van der Waals surface area contributed by atoms with Crippen molar-refractivity contribution in [2.75, 3.05) is 0 Å². The van der Waals surface area contributed by atoms with Gasteiger partial charge in [-0.25, -0.2) is 23.3 Å². The number of aromatic hydroxyl groups is 1. The van der Waals surface area contributed by atoms with Crippen molar-refractivity contribution in [2.24, 2.45) is 0 Å². The first-order chi connectivity index (χ1) is 17.2. The maximum Gasteiger partial charge on any atom is 0.250 e. The summed E-state index contributed by atoms with van der Waals surface area (Å²) in [5, 5.41) is 26.8. The molecule has 3 heterocycles. The molecule has 188 valence electrons. The van der Waals surface area contributed by atoms with Crippen LogP contribution in [-0.4, -0.2) is 44.6 Å². The summed E-state index contributed by atoms with van der Waals surface area (Å²) in [6, 6.07) is 12.7. The molecule has 4 N–H and O–H groups in total. The van der Waals surface area contributed by atoms with E-state index in [1.54, 1.807) is 42.0 Å². The third-order valence-electron chi connectivity index (χ3n) is 5.17. The number of phenolic OH excluding ortho intramolecular Hbond substituents is 1. The Hall–Kier alpha value is -3.36. The number of carbonyl (C=O) groups is 1. The molecule has 1 aromatic carbocycles. The molecule has 4 rings (SSSR count). The molecule has 0 saturated carbocycles. The molecular weight excluding hydrogens is 528 g/mol. The van der Waals surface area contributed by atoms with Crippen LogP contribution in [-0.2, 0) is 27.8 Å². The highest BCUT2D eigenvalue weighted by Gasteiger charge is 2.21. The average molecular weight is 549 g/mol. The number of hydroxylamine groups is 1. The molecule has 3 aromatic heterocycles. The predicted octanol–water partition coefficient (Wildman–Crippen LogP) is 2.92. The third kappa shape index (κ3) is 6.25. The van der Waals surface area contributed by atoms with Gasteiger partial charge in [-0.2, -0.15) is 0 Å². The number of amides is 1. The summed E-state index contributed by atoms with van der Waals surface area (Å²) in [5.74, 6) is -0.706. The number of nitrogens with zero attached hydrogens (tertiary/aromatic N) is 4. The van der Waals surface area contributed by atoms with Gasteiger partial charge in [0.05, 0.1) is 46.5 Å². The molecule has 0 saturated heterocycles. The van der Waals surface area contributed by atoms with E-state index in [2.05, 4.69) is 20.0 Å². The quantitative estimate of drug-likeness (QED) is 0.174. The van der Waals surface area contributed by atoms with E-state index in [9.17, 15) is 18.3 Å². The van der Waals surface area contributed by atoms with E-state index >= 15 is 0 Å². The van der Waals surface area contributed by atoms with Gasteiger partial charge >= 0.3 is 0 Å². The Morgan fingerprint density at radius 2 is 2.03 bits per heavy atom. The number of rotatable bonds is 10. The van der Waals surface area contributed by atoms with E-state index in [0.29, 0.717) is 17.0 Å². The van der Waals surface area contributed by atoms with Crippen LogP contribution in [0.2, 0.25) is 5.02 Å². The minimum atomic E-state index is -3.81. The molecule has 0 aliphatic heterocycles. The van der Waals surface area contributed by atoms with Crippen LogP contribution >= 0.6 is 22.9 Å². The van der Waals surface area contributed by atoms with Crippen LogP contribution < -0.4 is 10.2 Å². The fourth-order valence-corrected chi connectivity index (χ4v) is 5.92. The van der Waals surface area contributed by atoms with Crippen LogP contribution in [0.25, 0.3) is 10.6 Å². The highest BCUT2D eigenvalue weighted by molar-refractivity contribution is 7.91. The lowest BCUT2D eigenvalue weighted by atomic mass is 10.0. The first-order valence-corrected chi connectivity index (χ1v) is 13.2. The molecule has 14 heteroatoms. The van der Waals surface area contributed by atoms with Gasteiger partial charge in [-0.15, -0.1) is 16.4 Å². The van der Waals surface area contributed by atoms with E-state index in [1.165, 1.54) is 23.0 Å². The van der Waals surface area contributed by atoms with Gasteiger partial charge in [0.15, 0.2) is 0 Å². The van der Waals surface area contributed by atoms with Gasteiger partial charge in [0, 0.05) is 6.20 Å². The molecule has 0 bridgehead atoms. The highest BCUT2D eigenvalue weighted by atomic mass is 35.5. The standard InChI is InChI=1S/C22H21ClN6O5S2/c23-17-10-14(4-5-19(17)30)9-16(11-21(31)27-32)29-13-15(26-28-29)12-25-36(33,34)22-7-6-20(35-22)18-3-1-2-8-24-18/h1-8,10,13,16,25,30,32H,9,11-12H2,(H,27,31)/t16-/m0/s1. The minimum Gasteiger partial charge on any atom is -0.506 e. The van der Waals surface area contributed by atoms with Crippen LogP contribution in [0.5, 0.6) is 5.75 Å². The summed E-state index contributed by atoms with van der Waals surface area (Å²) in [7, 11) is -3.81. The zero-order valence-corrected chi connectivity index (χ0v) is 21.0. The van der Waals surface area contributed by atoms with Gasteiger partial charge in [-0.05, 0) is 48.4 Å². The van der Waals surface area contributed by atoms with E-state index in [1.807, 2.05) is 6.07 Å². The minimum absolute atomic E-state index is 0.0710. The zero-order chi connectivity index (χ0) is 25.7. The third-order valence-corrected chi connectivity index (χ3v) is 8.47. The van der Waals surface area contributed by atoms with Gasteiger partial charge in [0.2, 0.25) is 15.9 Å². The lowest BCUT2D eigenvalue weighted by Gasteiger charge is -2.16. The number of nitrogens with one attached hydrogen (secondary N) is 2. The molecule has 0 unspecified atom stereocenters. The van der Waals surface area contributed by atoms with Gasteiger partial charge in [0.25, 0.3) is 0 Å². The fraction of sp³-hybridized carbons (Fsp3) is 0.182.